The molecule has 1 aromatic heterocycles. The molecule has 1 N–H and O–H groups in total. The van der Waals surface area contributed by atoms with Crippen molar-refractivity contribution in [2.24, 2.45) is 5.92 Å². The summed E-state index contributed by atoms with van der Waals surface area (Å²) in [6.07, 6.45) is 4.07. The molecular weight excluding hydrogens is 350 g/mol. The first-order valence-electron chi connectivity index (χ1n) is 9.17. The summed E-state index contributed by atoms with van der Waals surface area (Å²) in [5, 5.41) is 8.77. The molecule has 0 aliphatic heterocycles. The van der Waals surface area contributed by atoms with Crippen LogP contribution in [0.3, 0.4) is 0 Å². The number of hydrogen-bond acceptors (Lipinski definition) is 4. The molecule has 140 valence electrons. The molecule has 26 heavy (non-hydrogen) atoms. The molecule has 1 aliphatic carbocycles. The minimum absolute atomic E-state index is 0.0767. The van der Waals surface area contributed by atoms with E-state index in [-0.39, 0.29) is 17.9 Å². The molecule has 1 aliphatic rings. The highest BCUT2D eigenvalue weighted by Crippen LogP contribution is 2.27. The highest BCUT2D eigenvalue weighted by molar-refractivity contribution is 6.30. The van der Waals surface area contributed by atoms with Crippen LogP contribution >= 0.6 is 11.6 Å². The Morgan fingerprint density at radius 2 is 2.04 bits per heavy atom. The van der Waals surface area contributed by atoms with Crippen LogP contribution in [-0.2, 0) is 22.6 Å². The summed E-state index contributed by atoms with van der Waals surface area (Å²) in [5.74, 6) is -0.197. The van der Waals surface area contributed by atoms with E-state index in [4.69, 9.17) is 16.3 Å². The average Bonchev–Trinajstić information content (AvgIpc) is 2.93. The number of methoxy groups -OCH3 is 1. The molecule has 1 saturated carbocycles. The van der Waals surface area contributed by atoms with E-state index < -0.39 is 0 Å². The maximum Gasteiger partial charge on any atom is 0.310 e. The lowest BCUT2D eigenvalue weighted by atomic mass is 9.84. The van der Waals surface area contributed by atoms with Crippen molar-refractivity contribution in [1.29, 1.82) is 0 Å². The Morgan fingerprint density at radius 1 is 1.31 bits per heavy atom. The summed E-state index contributed by atoms with van der Waals surface area (Å²) in [7, 11) is 1.46. The monoisotopic (exact) mass is 375 g/mol. The number of nitrogens with zero attached hydrogens (tertiary/aromatic N) is 2. The van der Waals surface area contributed by atoms with Gasteiger partial charge >= 0.3 is 5.97 Å². The van der Waals surface area contributed by atoms with Crippen molar-refractivity contribution < 1.29 is 9.53 Å². The van der Waals surface area contributed by atoms with E-state index in [0.717, 1.165) is 42.5 Å². The van der Waals surface area contributed by atoms with Crippen molar-refractivity contribution in [2.45, 2.75) is 51.7 Å². The zero-order valence-corrected chi connectivity index (χ0v) is 16.1. The second-order valence-corrected chi connectivity index (χ2v) is 7.26. The van der Waals surface area contributed by atoms with Gasteiger partial charge in [-0.1, -0.05) is 54.8 Å². The Labute approximate surface area is 159 Å². The molecular formula is C20H26ClN3O2. The lowest BCUT2D eigenvalue weighted by Gasteiger charge is -2.30. The number of esters is 1. The van der Waals surface area contributed by atoms with Crippen LogP contribution in [-0.4, -0.2) is 28.9 Å². The number of carbonyl (C=O) groups excluding carboxylic acids is 1. The van der Waals surface area contributed by atoms with Crippen molar-refractivity contribution in [3.63, 3.8) is 0 Å². The largest absolute Gasteiger partial charge is 0.469 e. The minimum Gasteiger partial charge on any atom is -0.469 e. The topological polar surface area (TPSA) is 56.1 Å². The first-order valence-corrected chi connectivity index (χ1v) is 9.55. The Morgan fingerprint density at radius 3 is 2.77 bits per heavy atom. The SMILES string of the molecule is COC(=O)[C@H]1CCCC[C@@H]1NCc1c(C)nn(Cc2ccccc2)c1Cl. The smallest absolute Gasteiger partial charge is 0.310 e. The highest BCUT2D eigenvalue weighted by atomic mass is 35.5. The van der Waals surface area contributed by atoms with Crippen LogP contribution in [0.1, 0.15) is 42.5 Å². The molecule has 0 amide bonds. The zero-order chi connectivity index (χ0) is 18.5. The van der Waals surface area contributed by atoms with Gasteiger partial charge in [0.15, 0.2) is 0 Å². The molecule has 0 saturated heterocycles. The summed E-state index contributed by atoms with van der Waals surface area (Å²) < 4.78 is 6.80. The van der Waals surface area contributed by atoms with Crippen LogP contribution in [0.2, 0.25) is 5.15 Å². The minimum atomic E-state index is -0.121. The van der Waals surface area contributed by atoms with E-state index in [2.05, 4.69) is 22.5 Å². The molecule has 1 fully saturated rings. The van der Waals surface area contributed by atoms with Crippen LogP contribution in [0, 0.1) is 12.8 Å². The van der Waals surface area contributed by atoms with Gasteiger partial charge in [0.25, 0.3) is 0 Å². The molecule has 1 aromatic carbocycles. The lowest BCUT2D eigenvalue weighted by molar-refractivity contribution is -0.147. The molecule has 2 atom stereocenters. The van der Waals surface area contributed by atoms with E-state index in [1.807, 2.05) is 29.8 Å². The van der Waals surface area contributed by atoms with E-state index in [1.165, 1.54) is 7.11 Å². The van der Waals surface area contributed by atoms with Gasteiger partial charge in [0.2, 0.25) is 0 Å². The van der Waals surface area contributed by atoms with Crippen molar-refractivity contribution in [2.75, 3.05) is 7.11 Å². The average molecular weight is 376 g/mol. The van der Waals surface area contributed by atoms with Gasteiger partial charge in [0.1, 0.15) is 5.15 Å². The van der Waals surface area contributed by atoms with E-state index in [9.17, 15) is 4.79 Å². The molecule has 2 aromatic rings. The van der Waals surface area contributed by atoms with Crippen molar-refractivity contribution >= 4 is 17.6 Å². The van der Waals surface area contributed by atoms with Crippen LogP contribution in [0.4, 0.5) is 0 Å². The summed E-state index contributed by atoms with van der Waals surface area (Å²) in [5.41, 5.74) is 3.08. The number of hydrogen-bond donors (Lipinski definition) is 1. The first kappa shape index (κ1) is 18.9. The maximum absolute atomic E-state index is 12.0. The summed E-state index contributed by atoms with van der Waals surface area (Å²) in [4.78, 5) is 12.0. The number of ether oxygens (including phenoxy) is 1. The van der Waals surface area contributed by atoms with Crippen LogP contribution in [0.15, 0.2) is 30.3 Å². The normalized spacial score (nSPS) is 20.1. The summed E-state index contributed by atoms with van der Waals surface area (Å²) >= 11 is 6.59. The van der Waals surface area contributed by atoms with Gasteiger partial charge in [-0.2, -0.15) is 5.10 Å². The molecule has 3 rings (SSSR count). The maximum atomic E-state index is 12.0. The number of aromatic nitrogens is 2. The molecule has 0 spiro atoms. The lowest BCUT2D eigenvalue weighted by Crippen LogP contribution is -2.42. The third kappa shape index (κ3) is 4.27. The van der Waals surface area contributed by atoms with Crippen LogP contribution in [0.25, 0.3) is 0 Å². The van der Waals surface area contributed by atoms with Gasteiger partial charge < -0.3 is 10.1 Å². The highest BCUT2D eigenvalue weighted by Gasteiger charge is 2.31. The van der Waals surface area contributed by atoms with Gasteiger partial charge in [0, 0.05) is 18.2 Å². The van der Waals surface area contributed by atoms with Crippen LogP contribution < -0.4 is 5.32 Å². The van der Waals surface area contributed by atoms with Gasteiger partial charge in [-0.05, 0) is 25.3 Å². The quantitative estimate of drug-likeness (QED) is 0.782. The van der Waals surface area contributed by atoms with Gasteiger partial charge in [-0.15, -0.1) is 0 Å². The fourth-order valence-corrected chi connectivity index (χ4v) is 4.00. The number of halogens is 1. The number of aryl methyl sites for hydroxylation is 1. The molecule has 5 nitrogen and oxygen atoms in total. The van der Waals surface area contributed by atoms with E-state index >= 15 is 0 Å². The zero-order valence-electron chi connectivity index (χ0n) is 15.4. The number of benzene rings is 1. The second-order valence-electron chi connectivity index (χ2n) is 6.90. The summed E-state index contributed by atoms with van der Waals surface area (Å²) in [6.45, 7) is 3.23. The first-order chi connectivity index (χ1) is 12.6. The fraction of sp³-hybridized carbons (Fsp3) is 0.500. The predicted octanol–water partition coefficient (Wildman–Crippen LogP) is 3.71. The van der Waals surface area contributed by atoms with Gasteiger partial charge in [0.05, 0.1) is 25.3 Å². The van der Waals surface area contributed by atoms with Crippen molar-refractivity contribution in [1.82, 2.24) is 15.1 Å². The standard InChI is InChI=1S/C20H26ClN3O2/c1-14-17(12-22-18-11-7-6-10-16(18)20(25)26-2)19(21)24(23-14)13-15-8-4-3-5-9-15/h3-5,8-9,16,18,22H,6-7,10-13H2,1-2H3/t16-,18-/m0/s1. The third-order valence-electron chi connectivity index (χ3n) is 5.17. The van der Waals surface area contributed by atoms with Crippen molar-refractivity contribution in [3.05, 3.63) is 52.3 Å². The molecule has 0 bridgehead atoms. The molecule has 0 unspecified atom stereocenters. The number of carbonyl (C=O) groups is 1. The Hall–Kier alpha value is -1.85. The molecule has 0 radical (unpaired) electrons. The van der Waals surface area contributed by atoms with Crippen LogP contribution in [0.5, 0.6) is 0 Å². The molecule has 6 heteroatoms. The van der Waals surface area contributed by atoms with Gasteiger partial charge in [-0.25, -0.2) is 4.68 Å². The number of rotatable bonds is 6. The Bertz CT molecular complexity index is 745. The van der Waals surface area contributed by atoms with E-state index in [0.29, 0.717) is 18.2 Å². The summed E-state index contributed by atoms with van der Waals surface area (Å²) in [6, 6.07) is 10.3. The van der Waals surface area contributed by atoms with E-state index in [1.54, 1.807) is 0 Å². The Kier molecular flexibility index (Phi) is 6.33. The third-order valence-corrected chi connectivity index (χ3v) is 5.59. The molecule has 1 heterocycles. The van der Waals surface area contributed by atoms with Crippen molar-refractivity contribution in [3.8, 4) is 0 Å². The number of nitrogens with one attached hydrogen (secondary N) is 1. The fourth-order valence-electron chi connectivity index (χ4n) is 3.69. The predicted molar refractivity (Wildman–Crippen MR) is 102 cm³/mol. The Balaban J connectivity index is 1.69. The second kappa shape index (κ2) is 8.69. The van der Waals surface area contributed by atoms with Gasteiger partial charge in [-0.3, -0.25) is 4.79 Å².